The van der Waals surface area contributed by atoms with Gasteiger partial charge in [-0.25, -0.2) is 0 Å². The SMILES string of the molecule is CC(C)C(=O)NCC(C)(C)NCC(O)COCc1cc(O)cc(O)c1. The Morgan fingerprint density at radius 1 is 1.20 bits per heavy atom. The summed E-state index contributed by atoms with van der Waals surface area (Å²) in [7, 11) is 0. The van der Waals surface area contributed by atoms with Gasteiger partial charge < -0.3 is 30.7 Å². The second kappa shape index (κ2) is 9.60. The molecule has 1 aromatic carbocycles. The van der Waals surface area contributed by atoms with Crippen molar-refractivity contribution < 1.29 is 24.9 Å². The first-order valence-corrected chi connectivity index (χ1v) is 8.39. The Bertz CT molecular complexity index is 540. The fourth-order valence-electron chi connectivity index (χ4n) is 2.08. The molecule has 0 aliphatic rings. The Hall–Kier alpha value is -1.83. The summed E-state index contributed by atoms with van der Waals surface area (Å²) in [6, 6.07) is 4.22. The number of β-amino-alcohol motifs (C(OH)–C–C–N with tert-alkyl or cyclic N) is 1. The molecular formula is C18H30N2O5. The molecule has 25 heavy (non-hydrogen) atoms. The molecule has 0 aliphatic heterocycles. The van der Waals surface area contributed by atoms with Crippen LogP contribution in [0.1, 0.15) is 33.3 Å². The van der Waals surface area contributed by atoms with E-state index < -0.39 is 6.10 Å². The Morgan fingerprint density at radius 3 is 2.36 bits per heavy atom. The van der Waals surface area contributed by atoms with Crippen LogP contribution in [0.5, 0.6) is 11.5 Å². The van der Waals surface area contributed by atoms with Gasteiger partial charge in [0.25, 0.3) is 0 Å². The van der Waals surface area contributed by atoms with Gasteiger partial charge in [0.05, 0.1) is 19.3 Å². The fourth-order valence-corrected chi connectivity index (χ4v) is 2.08. The van der Waals surface area contributed by atoms with Gasteiger partial charge in [-0.15, -0.1) is 0 Å². The van der Waals surface area contributed by atoms with Crippen molar-refractivity contribution in [2.75, 3.05) is 19.7 Å². The van der Waals surface area contributed by atoms with E-state index in [0.717, 1.165) is 0 Å². The first-order valence-electron chi connectivity index (χ1n) is 8.39. The molecule has 7 nitrogen and oxygen atoms in total. The molecule has 1 unspecified atom stereocenters. The predicted molar refractivity (Wildman–Crippen MR) is 95.4 cm³/mol. The third kappa shape index (κ3) is 8.72. The quantitative estimate of drug-likeness (QED) is 0.430. The second-order valence-corrected chi connectivity index (χ2v) is 7.16. The van der Waals surface area contributed by atoms with Crippen molar-refractivity contribution in [3.8, 4) is 11.5 Å². The summed E-state index contributed by atoms with van der Waals surface area (Å²) in [6.45, 7) is 8.61. The van der Waals surface area contributed by atoms with Crippen molar-refractivity contribution >= 4 is 5.91 Å². The van der Waals surface area contributed by atoms with Crippen LogP contribution < -0.4 is 10.6 Å². The number of amides is 1. The standard InChI is InChI=1S/C18H30N2O5/c1-12(2)17(24)19-11-18(3,4)20-8-16(23)10-25-9-13-5-14(21)7-15(22)6-13/h5-7,12,16,20-23H,8-11H2,1-4H3,(H,19,24). The van der Waals surface area contributed by atoms with E-state index in [0.29, 0.717) is 18.7 Å². The van der Waals surface area contributed by atoms with E-state index in [1.807, 2.05) is 27.7 Å². The highest BCUT2D eigenvalue weighted by Gasteiger charge is 2.20. The fraction of sp³-hybridized carbons (Fsp3) is 0.611. The van der Waals surface area contributed by atoms with Gasteiger partial charge in [0.2, 0.25) is 5.91 Å². The van der Waals surface area contributed by atoms with E-state index in [4.69, 9.17) is 4.74 Å². The lowest BCUT2D eigenvalue weighted by atomic mass is 10.0. The summed E-state index contributed by atoms with van der Waals surface area (Å²) in [5.74, 6) is -0.142. The van der Waals surface area contributed by atoms with Crippen molar-refractivity contribution in [2.24, 2.45) is 5.92 Å². The highest BCUT2D eigenvalue weighted by atomic mass is 16.5. The minimum Gasteiger partial charge on any atom is -0.508 e. The molecule has 142 valence electrons. The highest BCUT2D eigenvalue weighted by molar-refractivity contribution is 5.77. The zero-order valence-corrected chi connectivity index (χ0v) is 15.4. The molecule has 0 spiro atoms. The predicted octanol–water partition coefficient (Wildman–Crippen LogP) is 1.12. The average molecular weight is 354 g/mol. The van der Waals surface area contributed by atoms with Crippen molar-refractivity contribution in [3.05, 3.63) is 23.8 Å². The van der Waals surface area contributed by atoms with Gasteiger partial charge in [0.15, 0.2) is 0 Å². The molecular weight excluding hydrogens is 324 g/mol. The van der Waals surface area contributed by atoms with Crippen molar-refractivity contribution in [1.29, 1.82) is 0 Å². The maximum absolute atomic E-state index is 11.6. The molecule has 7 heteroatoms. The summed E-state index contributed by atoms with van der Waals surface area (Å²) in [6.07, 6.45) is -0.717. The van der Waals surface area contributed by atoms with Gasteiger partial charge in [-0.3, -0.25) is 4.79 Å². The number of phenols is 2. The Balaban J connectivity index is 2.29. The molecule has 5 N–H and O–H groups in total. The first kappa shape index (κ1) is 21.2. The largest absolute Gasteiger partial charge is 0.508 e. The van der Waals surface area contributed by atoms with Crippen LogP contribution in [0.3, 0.4) is 0 Å². The number of phenolic OH excluding ortho intramolecular Hbond substituents is 2. The van der Waals surface area contributed by atoms with Crippen LogP contribution in [0.15, 0.2) is 18.2 Å². The molecule has 0 saturated heterocycles. The van der Waals surface area contributed by atoms with Crippen molar-refractivity contribution in [1.82, 2.24) is 10.6 Å². The number of aliphatic hydroxyl groups excluding tert-OH is 1. The molecule has 0 radical (unpaired) electrons. The van der Waals surface area contributed by atoms with Crippen LogP contribution >= 0.6 is 0 Å². The van der Waals surface area contributed by atoms with Crippen LogP contribution in [0.25, 0.3) is 0 Å². The van der Waals surface area contributed by atoms with Crippen LogP contribution in [-0.4, -0.2) is 52.6 Å². The number of aliphatic hydroxyl groups is 1. The maximum atomic E-state index is 11.6. The molecule has 0 saturated carbocycles. The van der Waals surface area contributed by atoms with E-state index in [9.17, 15) is 20.1 Å². The molecule has 0 heterocycles. The van der Waals surface area contributed by atoms with Gasteiger partial charge >= 0.3 is 0 Å². The number of ether oxygens (including phenoxy) is 1. The van der Waals surface area contributed by atoms with Crippen LogP contribution in [0.2, 0.25) is 0 Å². The van der Waals surface area contributed by atoms with Crippen LogP contribution in [0, 0.1) is 5.92 Å². The first-order chi connectivity index (χ1) is 11.6. The molecule has 0 aliphatic carbocycles. The Labute approximate surface area is 149 Å². The van der Waals surface area contributed by atoms with Gasteiger partial charge in [-0.2, -0.15) is 0 Å². The van der Waals surface area contributed by atoms with E-state index in [-0.39, 0.29) is 42.1 Å². The third-order valence-corrected chi connectivity index (χ3v) is 3.59. The highest BCUT2D eigenvalue weighted by Crippen LogP contribution is 2.20. The van der Waals surface area contributed by atoms with E-state index in [1.165, 1.54) is 18.2 Å². The van der Waals surface area contributed by atoms with Crippen LogP contribution in [-0.2, 0) is 16.1 Å². The van der Waals surface area contributed by atoms with Gasteiger partial charge in [-0.05, 0) is 31.5 Å². The topological polar surface area (TPSA) is 111 Å². The molecule has 1 rings (SSSR count). The lowest BCUT2D eigenvalue weighted by Gasteiger charge is -2.28. The second-order valence-electron chi connectivity index (χ2n) is 7.16. The summed E-state index contributed by atoms with van der Waals surface area (Å²) in [4.78, 5) is 11.6. The van der Waals surface area contributed by atoms with Gasteiger partial charge in [0, 0.05) is 30.6 Å². The molecule has 1 atom stereocenters. The number of rotatable bonds is 10. The maximum Gasteiger partial charge on any atom is 0.222 e. The average Bonchev–Trinajstić information content (AvgIpc) is 2.50. The Morgan fingerprint density at radius 2 is 1.80 bits per heavy atom. The van der Waals surface area contributed by atoms with Crippen molar-refractivity contribution in [3.63, 3.8) is 0 Å². The van der Waals surface area contributed by atoms with Crippen LogP contribution in [0.4, 0.5) is 0 Å². The molecule has 0 bridgehead atoms. The number of hydrogen-bond donors (Lipinski definition) is 5. The zero-order chi connectivity index (χ0) is 19.0. The normalized spacial score (nSPS) is 13.0. The zero-order valence-electron chi connectivity index (χ0n) is 15.4. The molecule has 1 aromatic rings. The smallest absolute Gasteiger partial charge is 0.222 e. The van der Waals surface area contributed by atoms with Crippen molar-refractivity contribution in [2.45, 2.75) is 45.9 Å². The lowest BCUT2D eigenvalue weighted by molar-refractivity contribution is -0.124. The van der Waals surface area contributed by atoms with Gasteiger partial charge in [-0.1, -0.05) is 13.8 Å². The summed E-state index contributed by atoms with van der Waals surface area (Å²) in [5.41, 5.74) is 0.261. The van der Waals surface area contributed by atoms with E-state index in [2.05, 4.69) is 10.6 Å². The van der Waals surface area contributed by atoms with Gasteiger partial charge in [0.1, 0.15) is 11.5 Å². The minimum absolute atomic E-state index is 0.00637. The lowest BCUT2D eigenvalue weighted by Crippen LogP contribution is -2.52. The monoisotopic (exact) mass is 354 g/mol. The minimum atomic E-state index is -0.717. The number of benzene rings is 1. The molecule has 0 fully saturated rings. The number of aromatic hydroxyl groups is 2. The summed E-state index contributed by atoms with van der Waals surface area (Å²) in [5, 5.41) is 34.8. The summed E-state index contributed by atoms with van der Waals surface area (Å²) >= 11 is 0. The molecule has 1 amide bonds. The number of carbonyl (C=O) groups is 1. The summed E-state index contributed by atoms with van der Waals surface area (Å²) < 4.78 is 5.40. The Kier molecular flexibility index (Phi) is 8.15. The molecule has 0 aromatic heterocycles. The van der Waals surface area contributed by atoms with E-state index >= 15 is 0 Å². The number of hydrogen-bond acceptors (Lipinski definition) is 6. The van der Waals surface area contributed by atoms with E-state index in [1.54, 1.807) is 0 Å². The number of carbonyl (C=O) groups excluding carboxylic acids is 1. The number of nitrogens with one attached hydrogen (secondary N) is 2. The third-order valence-electron chi connectivity index (χ3n) is 3.59.